The molecule has 3 fully saturated rings. The van der Waals surface area contributed by atoms with Crippen molar-refractivity contribution < 1.29 is 22.7 Å². The summed E-state index contributed by atoms with van der Waals surface area (Å²) >= 11 is 1.36. The molecule has 3 atom stereocenters. The highest BCUT2D eigenvalue weighted by Gasteiger charge is 2.50. The summed E-state index contributed by atoms with van der Waals surface area (Å²) in [5.74, 6) is 0.472. The zero-order valence-electron chi connectivity index (χ0n) is 14.3. The summed E-state index contributed by atoms with van der Waals surface area (Å²) < 4.78 is 35.1. The lowest BCUT2D eigenvalue weighted by Gasteiger charge is -2.26. The van der Waals surface area contributed by atoms with Crippen molar-refractivity contribution in [2.24, 2.45) is 4.99 Å². The van der Waals surface area contributed by atoms with Gasteiger partial charge in [-0.2, -0.15) is 4.99 Å². The molecular formula is C17H20N2O5S2. The molecule has 1 amide bonds. The van der Waals surface area contributed by atoms with E-state index >= 15 is 0 Å². The number of carbonyl (C=O) groups is 1. The van der Waals surface area contributed by atoms with E-state index in [2.05, 4.69) is 4.99 Å². The Hall–Kier alpha value is -1.58. The zero-order chi connectivity index (χ0) is 18.3. The number of amides is 1. The Kier molecular flexibility index (Phi) is 4.70. The van der Waals surface area contributed by atoms with Gasteiger partial charge in [-0.15, -0.1) is 0 Å². The molecule has 1 aromatic carbocycles. The van der Waals surface area contributed by atoms with Crippen molar-refractivity contribution in [1.82, 2.24) is 0 Å². The molecule has 7 nitrogen and oxygen atoms in total. The lowest BCUT2D eigenvalue weighted by atomic mass is 10.2. The number of nitrogens with zero attached hydrogens (tertiary/aromatic N) is 2. The van der Waals surface area contributed by atoms with Gasteiger partial charge in [0.2, 0.25) is 0 Å². The maximum Gasteiger partial charge on any atom is 0.277 e. The van der Waals surface area contributed by atoms with Crippen LogP contribution in [-0.4, -0.2) is 62.1 Å². The van der Waals surface area contributed by atoms with Crippen LogP contribution in [0.4, 0.5) is 5.69 Å². The van der Waals surface area contributed by atoms with Gasteiger partial charge in [0.05, 0.1) is 30.3 Å². The van der Waals surface area contributed by atoms with Gasteiger partial charge in [0.1, 0.15) is 11.9 Å². The molecule has 3 unspecified atom stereocenters. The van der Waals surface area contributed by atoms with Gasteiger partial charge in [0.15, 0.2) is 15.0 Å². The molecule has 4 rings (SSSR count). The second-order valence-electron chi connectivity index (χ2n) is 6.58. The van der Waals surface area contributed by atoms with Gasteiger partial charge < -0.3 is 14.4 Å². The lowest BCUT2D eigenvalue weighted by molar-refractivity contribution is -0.126. The minimum atomic E-state index is -3.10. The van der Waals surface area contributed by atoms with Gasteiger partial charge in [0.25, 0.3) is 5.91 Å². The van der Waals surface area contributed by atoms with Crippen LogP contribution in [-0.2, 0) is 19.4 Å². The normalized spacial score (nSPS) is 31.3. The number of ether oxygens (including phenoxy) is 2. The maximum atomic E-state index is 12.5. The molecule has 0 N–H and O–H groups in total. The Morgan fingerprint density at radius 3 is 2.88 bits per heavy atom. The summed E-state index contributed by atoms with van der Waals surface area (Å²) in [7, 11) is -1.53. The van der Waals surface area contributed by atoms with Crippen molar-refractivity contribution in [1.29, 1.82) is 0 Å². The number of carbonyl (C=O) groups excluding carboxylic acids is 1. The molecule has 26 heavy (non-hydrogen) atoms. The van der Waals surface area contributed by atoms with Crippen LogP contribution in [0.25, 0.3) is 0 Å². The summed E-state index contributed by atoms with van der Waals surface area (Å²) in [6, 6.07) is 7.13. The number of benzene rings is 1. The van der Waals surface area contributed by atoms with E-state index in [0.29, 0.717) is 23.9 Å². The SMILES string of the molecule is COc1ccccc1N1C(=NC(=O)C2CCCO2)SC2CS(=O)(=O)CC21. The predicted molar refractivity (Wildman–Crippen MR) is 101 cm³/mol. The fourth-order valence-corrected chi connectivity index (χ4v) is 7.53. The van der Waals surface area contributed by atoms with Crippen LogP contribution in [0.1, 0.15) is 12.8 Å². The first-order valence-electron chi connectivity index (χ1n) is 8.52. The van der Waals surface area contributed by atoms with E-state index < -0.39 is 15.9 Å². The van der Waals surface area contributed by atoms with E-state index in [9.17, 15) is 13.2 Å². The molecule has 3 saturated heterocycles. The molecule has 3 aliphatic rings. The first-order chi connectivity index (χ1) is 12.5. The van der Waals surface area contributed by atoms with Crippen LogP contribution in [0.2, 0.25) is 0 Å². The van der Waals surface area contributed by atoms with E-state index in [1.165, 1.54) is 11.8 Å². The van der Waals surface area contributed by atoms with E-state index in [-0.39, 0.29) is 28.7 Å². The van der Waals surface area contributed by atoms with Crippen molar-refractivity contribution in [2.75, 3.05) is 30.1 Å². The van der Waals surface area contributed by atoms with Crippen molar-refractivity contribution in [3.63, 3.8) is 0 Å². The smallest absolute Gasteiger partial charge is 0.277 e. The van der Waals surface area contributed by atoms with Gasteiger partial charge in [-0.3, -0.25) is 4.79 Å². The number of fused-ring (bicyclic) bond motifs is 1. The van der Waals surface area contributed by atoms with Gasteiger partial charge in [-0.05, 0) is 25.0 Å². The van der Waals surface area contributed by atoms with Crippen molar-refractivity contribution in [3.8, 4) is 5.75 Å². The molecule has 0 bridgehead atoms. The highest BCUT2D eigenvalue weighted by atomic mass is 32.2. The minimum absolute atomic E-state index is 0.0514. The number of aliphatic imine (C=N–C) groups is 1. The summed E-state index contributed by atoms with van der Waals surface area (Å²) in [6.07, 6.45) is 1.04. The largest absolute Gasteiger partial charge is 0.495 e. The van der Waals surface area contributed by atoms with Crippen molar-refractivity contribution in [2.45, 2.75) is 30.2 Å². The molecule has 140 valence electrons. The molecular weight excluding hydrogens is 376 g/mol. The number of para-hydroxylation sites is 2. The number of hydrogen-bond donors (Lipinski definition) is 0. The first-order valence-corrected chi connectivity index (χ1v) is 11.2. The zero-order valence-corrected chi connectivity index (χ0v) is 16.0. The quantitative estimate of drug-likeness (QED) is 0.765. The summed E-state index contributed by atoms with van der Waals surface area (Å²) in [5, 5.41) is 0.390. The predicted octanol–water partition coefficient (Wildman–Crippen LogP) is 1.48. The van der Waals surface area contributed by atoms with E-state index in [0.717, 1.165) is 12.1 Å². The van der Waals surface area contributed by atoms with Crippen LogP contribution in [0.15, 0.2) is 29.3 Å². The van der Waals surface area contributed by atoms with Crippen LogP contribution in [0, 0.1) is 0 Å². The number of rotatable bonds is 3. The highest BCUT2D eigenvalue weighted by molar-refractivity contribution is 8.16. The second kappa shape index (κ2) is 6.86. The van der Waals surface area contributed by atoms with Crippen molar-refractivity contribution in [3.05, 3.63) is 24.3 Å². The molecule has 3 heterocycles. The van der Waals surface area contributed by atoms with Crippen LogP contribution in [0.5, 0.6) is 5.75 Å². The minimum Gasteiger partial charge on any atom is -0.495 e. The van der Waals surface area contributed by atoms with Gasteiger partial charge >= 0.3 is 0 Å². The molecule has 0 aromatic heterocycles. The number of anilines is 1. The van der Waals surface area contributed by atoms with E-state index in [1.807, 2.05) is 29.2 Å². The number of hydrogen-bond acceptors (Lipinski definition) is 6. The first kappa shape index (κ1) is 17.8. The Labute approximate surface area is 156 Å². The summed E-state index contributed by atoms with van der Waals surface area (Å²) in [4.78, 5) is 18.6. The topological polar surface area (TPSA) is 85.3 Å². The number of sulfone groups is 1. The molecule has 9 heteroatoms. The molecule has 0 saturated carbocycles. The third-order valence-electron chi connectivity index (χ3n) is 4.82. The van der Waals surface area contributed by atoms with Crippen LogP contribution in [0.3, 0.4) is 0 Å². The standard InChI is InChI=1S/C17H20N2O5S2/c1-23-13-6-3-2-5-11(13)19-12-9-26(21,22)10-15(12)25-17(19)18-16(20)14-7-4-8-24-14/h2-3,5-6,12,14-15H,4,7-10H2,1H3. The maximum absolute atomic E-state index is 12.5. The Bertz CT molecular complexity index is 848. The molecule has 1 aromatic rings. The number of amidine groups is 1. The number of thioether (sulfide) groups is 1. The number of methoxy groups -OCH3 is 1. The summed E-state index contributed by atoms with van der Waals surface area (Å²) in [6.45, 7) is 0.577. The van der Waals surface area contributed by atoms with Crippen molar-refractivity contribution >= 4 is 38.4 Å². The monoisotopic (exact) mass is 396 g/mol. The third kappa shape index (κ3) is 3.23. The van der Waals surface area contributed by atoms with Gasteiger partial charge in [0, 0.05) is 11.9 Å². The molecule has 0 aliphatic carbocycles. The van der Waals surface area contributed by atoms with Gasteiger partial charge in [-0.1, -0.05) is 23.9 Å². The average Bonchev–Trinajstić information content (AvgIpc) is 3.29. The summed E-state index contributed by atoms with van der Waals surface area (Å²) in [5.41, 5.74) is 0.728. The lowest BCUT2D eigenvalue weighted by Crippen LogP contribution is -2.38. The second-order valence-corrected chi connectivity index (χ2v) is 9.94. The average molecular weight is 396 g/mol. The van der Waals surface area contributed by atoms with Gasteiger partial charge in [-0.25, -0.2) is 8.42 Å². The van der Waals surface area contributed by atoms with Crippen LogP contribution >= 0.6 is 11.8 Å². The van der Waals surface area contributed by atoms with E-state index in [4.69, 9.17) is 9.47 Å². The Morgan fingerprint density at radius 2 is 2.15 bits per heavy atom. The van der Waals surface area contributed by atoms with E-state index in [1.54, 1.807) is 7.11 Å². The molecule has 3 aliphatic heterocycles. The van der Waals surface area contributed by atoms with Crippen LogP contribution < -0.4 is 9.64 Å². The highest BCUT2D eigenvalue weighted by Crippen LogP contribution is 2.43. The fourth-order valence-electron chi connectivity index (χ4n) is 3.61. The molecule has 0 spiro atoms. The fraction of sp³-hybridized carbons (Fsp3) is 0.529. The Balaban J connectivity index is 1.72. The molecule has 0 radical (unpaired) electrons. The third-order valence-corrected chi connectivity index (χ3v) is 8.03. The Morgan fingerprint density at radius 1 is 1.35 bits per heavy atom.